The summed E-state index contributed by atoms with van der Waals surface area (Å²) in [7, 11) is 4.01. The number of amides is 1. The molecule has 24 heavy (non-hydrogen) atoms. The van der Waals surface area contributed by atoms with Gasteiger partial charge in [-0.25, -0.2) is 0 Å². The average molecular weight is 326 g/mol. The van der Waals surface area contributed by atoms with Gasteiger partial charge in [0, 0.05) is 12.1 Å². The van der Waals surface area contributed by atoms with Crippen molar-refractivity contribution in [3.05, 3.63) is 65.2 Å². The predicted octanol–water partition coefficient (Wildman–Crippen LogP) is 3.43. The third-order valence-electron chi connectivity index (χ3n) is 3.79. The summed E-state index contributed by atoms with van der Waals surface area (Å²) in [5.74, 6) is 0.749. The van der Waals surface area contributed by atoms with Crippen molar-refractivity contribution in [1.29, 1.82) is 0 Å². The number of carbonyl (C=O) groups is 1. The molecule has 0 spiro atoms. The molecule has 1 unspecified atom stereocenters. The van der Waals surface area contributed by atoms with Gasteiger partial charge in [0.05, 0.1) is 12.6 Å². The van der Waals surface area contributed by atoms with E-state index in [1.807, 2.05) is 76.5 Å². The van der Waals surface area contributed by atoms with Crippen LogP contribution in [0.15, 0.2) is 48.5 Å². The van der Waals surface area contributed by atoms with Crippen molar-refractivity contribution in [2.24, 2.45) is 0 Å². The maximum absolute atomic E-state index is 12.7. The van der Waals surface area contributed by atoms with Crippen LogP contribution >= 0.6 is 0 Å². The number of hydrogen-bond donors (Lipinski definition) is 1. The van der Waals surface area contributed by atoms with Crippen LogP contribution in [0, 0.1) is 6.92 Å². The van der Waals surface area contributed by atoms with Gasteiger partial charge in [0.15, 0.2) is 0 Å². The highest BCUT2D eigenvalue weighted by Gasteiger charge is 2.17. The van der Waals surface area contributed by atoms with E-state index in [1.165, 1.54) is 0 Å². The molecule has 0 aliphatic rings. The van der Waals surface area contributed by atoms with E-state index in [0.29, 0.717) is 12.2 Å². The normalized spacial score (nSPS) is 12.0. The fraction of sp³-hybridized carbons (Fsp3) is 0.350. The summed E-state index contributed by atoms with van der Waals surface area (Å²) in [5.41, 5.74) is 2.71. The number of hydrogen-bond acceptors (Lipinski definition) is 3. The SMILES string of the molecule is CCOc1ccc(C(=O)NC(CN(C)C)c2ccccc2)cc1C. The number of aryl methyl sites for hydroxylation is 1. The van der Waals surface area contributed by atoms with Crippen LogP contribution in [0.3, 0.4) is 0 Å². The van der Waals surface area contributed by atoms with E-state index in [2.05, 4.69) is 10.2 Å². The van der Waals surface area contributed by atoms with E-state index in [4.69, 9.17) is 4.74 Å². The topological polar surface area (TPSA) is 41.6 Å². The Morgan fingerprint density at radius 2 is 1.88 bits per heavy atom. The molecule has 2 aromatic rings. The van der Waals surface area contributed by atoms with Gasteiger partial charge >= 0.3 is 0 Å². The molecule has 0 bridgehead atoms. The molecule has 1 N–H and O–H groups in total. The van der Waals surface area contributed by atoms with Crippen LogP contribution in [0.2, 0.25) is 0 Å². The minimum atomic E-state index is -0.0724. The quantitative estimate of drug-likeness (QED) is 0.847. The molecule has 0 aliphatic heterocycles. The number of nitrogens with one attached hydrogen (secondary N) is 1. The molecular weight excluding hydrogens is 300 g/mol. The first-order chi connectivity index (χ1) is 11.5. The van der Waals surface area contributed by atoms with Crippen LogP contribution in [0.4, 0.5) is 0 Å². The van der Waals surface area contributed by atoms with Gasteiger partial charge in [-0.05, 0) is 57.3 Å². The lowest BCUT2D eigenvalue weighted by Crippen LogP contribution is -2.35. The number of ether oxygens (including phenoxy) is 1. The Morgan fingerprint density at radius 1 is 1.17 bits per heavy atom. The maximum atomic E-state index is 12.7. The van der Waals surface area contributed by atoms with Crippen molar-refractivity contribution in [1.82, 2.24) is 10.2 Å². The Kier molecular flexibility index (Phi) is 6.38. The Bertz CT molecular complexity index is 669. The molecule has 4 heteroatoms. The molecule has 4 nitrogen and oxygen atoms in total. The number of benzene rings is 2. The van der Waals surface area contributed by atoms with E-state index in [9.17, 15) is 4.79 Å². The molecule has 0 saturated carbocycles. The molecule has 2 rings (SSSR count). The first-order valence-electron chi connectivity index (χ1n) is 8.25. The third-order valence-corrected chi connectivity index (χ3v) is 3.79. The molecule has 128 valence electrons. The van der Waals surface area contributed by atoms with E-state index in [0.717, 1.165) is 23.4 Å². The van der Waals surface area contributed by atoms with Gasteiger partial charge in [0.2, 0.25) is 0 Å². The molecule has 2 aromatic carbocycles. The van der Waals surface area contributed by atoms with Crippen LogP contribution in [-0.4, -0.2) is 38.1 Å². The van der Waals surface area contributed by atoms with Gasteiger partial charge in [-0.15, -0.1) is 0 Å². The summed E-state index contributed by atoms with van der Waals surface area (Å²) in [6, 6.07) is 15.5. The molecule has 0 saturated heterocycles. The van der Waals surface area contributed by atoms with Crippen molar-refractivity contribution < 1.29 is 9.53 Å². The predicted molar refractivity (Wildman–Crippen MR) is 97.6 cm³/mol. The van der Waals surface area contributed by atoms with Gasteiger partial charge < -0.3 is 15.0 Å². The zero-order valence-corrected chi connectivity index (χ0v) is 14.9. The summed E-state index contributed by atoms with van der Waals surface area (Å²) < 4.78 is 5.54. The number of likely N-dealkylation sites (N-methyl/N-ethyl adjacent to an activating group) is 1. The second-order valence-corrected chi connectivity index (χ2v) is 6.11. The Hall–Kier alpha value is -2.33. The highest BCUT2D eigenvalue weighted by Crippen LogP contribution is 2.20. The molecule has 1 atom stereocenters. The van der Waals surface area contributed by atoms with Crippen LogP contribution in [0.1, 0.15) is 34.5 Å². The average Bonchev–Trinajstić information content (AvgIpc) is 2.56. The van der Waals surface area contributed by atoms with Crippen LogP contribution in [0.5, 0.6) is 5.75 Å². The Balaban J connectivity index is 2.17. The van der Waals surface area contributed by atoms with Gasteiger partial charge in [0.1, 0.15) is 5.75 Å². The van der Waals surface area contributed by atoms with E-state index < -0.39 is 0 Å². The second kappa shape index (κ2) is 8.50. The number of rotatable bonds is 7. The van der Waals surface area contributed by atoms with Crippen molar-refractivity contribution >= 4 is 5.91 Å². The summed E-state index contributed by atoms with van der Waals surface area (Å²) >= 11 is 0. The van der Waals surface area contributed by atoms with Crippen LogP contribution < -0.4 is 10.1 Å². The standard InChI is InChI=1S/C20H26N2O2/c1-5-24-19-12-11-17(13-15(19)2)20(23)21-18(14-22(3)4)16-9-7-6-8-10-16/h6-13,18H,5,14H2,1-4H3,(H,21,23). The highest BCUT2D eigenvalue weighted by atomic mass is 16.5. The minimum absolute atomic E-state index is 0.0550. The van der Waals surface area contributed by atoms with Crippen molar-refractivity contribution in [3.63, 3.8) is 0 Å². The fourth-order valence-corrected chi connectivity index (χ4v) is 2.63. The van der Waals surface area contributed by atoms with Crippen molar-refractivity contribution in [2.75, 3.05) is 27.2 Å². The summed E-state index contributed by atoms with van der Waals surface area (Å²) in [6.07, 6.45) is 0. The second-order valence-electron chi connectivity index (χ2n) is 6.11. The highest BCUT2D eigenvalue weighted by molar-refractivity contribution is 5.94. The lowest BCUT2D eigenvalue weighted by Gasteiger charge is -2.23. The van der Waals surface area contributed by atoms with Gasteiger partial charge in [-0.2, -0.15) is 0 Å². The molecule has 1 amide bonds. The smallest absolute Gasteiger partial charge is 0.251 e. The van der Waals surface area contributed by atoms with E-state index in [1.54, 1.807) is 0 Å². The maximum Gasteiger partial charge on any atom is 0.251 e. The fourth-order valence-electron chi connectivity index (χ4n) is 2.63. The molecule has 0 fully saturated rings. The van der Waals surface area contributed by atoms with Gasteiger partial charge in [-0.3, -0.25) is 4.79 Å². The molecule has 0 radical (unpaired) electrons. The zero-order valence-electron chi connectivity index (χ0n) is 14.9. The van der Waals surface area contributed by atoms with Crippen molar-refractivity contribution in [2.45, 2.75) is 19.9 Å². The summed E-state index contributed by atoms with van der Waals surface area (Å²) in [5, 5.41) is 3.14. The minimum Gasteiger partial charge on any atom is -0.494 e. The lowest BCUT2D eigenvalue weighted by molar-refractivity contribution is 0.0930. The largest absolute Gasteiger partial charge is 0.494 e. The van der Waals surface area contributed by atoms with Crippen molar-refractivity contribution in [3.8, 4) is 5.75 Å². The molecular formula is C20H26N2O2. The van der Waals surface area contributed by atoms with Crippen LogP contribution in [0.25, 0.3) is 0 Å². The third kappa shape index (κ3) is 4.83. The number of carbonyl (C=O) groups excluding carboxylic acids is 1. The van der Waals surface area contributed by atoms with E-state index >= 15 is 0 Å². The molecule has 0 heterocycles. The van der Waals surface area contributed by atoms with Gasteiger partial charge in [0.25, 0.3) is 5.91 Å². The summed E-state index contributed by atoms with van der Waals surface area (Å²) in [4.78, 5) is 14.7. The Morgan fingerprint density at radius 3 is 2.46 bits per heavy atom. The molecule has 0 aliphatic carbocycles. The number of nitrogens with zero attached hydrogens (tertiary/aromatic N) is 1. The summed E-state index contributed by atoms with van der Waals surface area (Å²) in [6.45, 7) is 5.26. The monoisotopic (exact) mass is 326 g/mol. The first-order valence-corrected chi connectivity index (χ1v) is 8.25. The molecule has 0 aromatic heterocycles. The van der Waals surface area contributed by atoms with E-state index in [-0.39, 0.29) is 11.9 Å². The van der Waals surface area contributed by atoms with Crippen LogP contribution in [-0.2, 0) is 0 Å². The first kappa shape index (κ1) is 18.0. The Labute approximate surface area is 144 Å². The van der Waals surface area contributed by atoms with Gasteiger partial charge in [-0.1, -0.05) is 30.3 Å². The lowest BCUT2D eigenvalue weighted by atomic mass is 10.0. The zero-order chi connectivity index (χ0) is 17.5.